The average Bonchev–Trinajstić information content (AvgIpc) is 3.12. The molecule has 0 bridgehead atoms. The van der Waals surface area contributed by atoms with Gasteiger partial charge < -0.3 is 15.3 Å². The van der Waals surface area contributed by atoms with E-state index in [1.165, 1.54) is 42.5 Å². The number of aromatic nitrogens is 2. The molecule has 0 aliphatic heterocycles. The fourth-order valence-electron chi connectivity index (χ4n) is 3.03. The number of H-pyrrole nitrogens is 2. The maximum Gasteiger partial charge on any atom is 0.323 e. The molecule has 31 heavy (non-hydrogen) atoms. The van der Waals surface area contributed by atoms with Gasteiger partial charge in [0, 0.05) is 6.54 Å². The minimum Gasteiger partial charge on any atom is -0.348 e. The fraction of sp³-hybridized carbons (Fsp3) is 0.0476. The molecule has 0 fully saturated rings. The number of aromatic amines is 2. The number of fused-ring (bicyclic) bond motifs is 1. The van der Waals surface area contributed by atoms with Crippen molar-refractivity contribution in [3.8, 4) is 0 Å². The Morgan fingerprint density at radius 1 is 0.935 bits per heavy atom. The van der Waals surface area contributed by atoms with Crippen molar-refractivity contribution < 1.29 is 17.6 Å². The summed E-state index contributed by atoms with van der Waals surface area (Å²) in [5.41, 5.74) is 1.30. The lowest BCUT2D eigenvalue weighted by Gasteiger charge is -2.13. The molecular formula is C21H17FN4O4S. The van der Waals surface area contributed by atoms with E-state index in [2.05, 4.69) is 20.0 Å². The van der Waals surface area contributed by atoms with Gasteiger partial charge in [-0.05, 0) is 48.0 Å². The third-order valence-corrected chi connectivity index (χ3v) is 5.94. The van der Waals surface area contributed by atoms with Crippen LogP contribution in [0.5, 0.6) is 0 Å². The largest absolute Gasteiger partial charge is 0.348 e. The van der Waals surface area contributed by atoms with Crippen molar-refractivity contribution in [3.05, 3.63) is 94.2 Å². The SMILES string of the molecule is O=C(NCc1ccc(F)cc1)c1ccccc1NS(=O)(=O)c1ccc2[nH]c(=O)[nH]c2c1. The van der Waals surface area contributed by atoms with E-state index >= 15 is 0 Å². The van der Waals surface area contributed by atoms with Gasteiger partial charge in [-0.2, -0.15) is 0 Å². The van der Waals surface area contributed by atoms with Crippen LogP contribution in [0.25, 0.3) is 11.0 Å². The number of hydrogen-bond donors (Lipinski definition) is 4. The van der Waals surface area contributed by atoms with Crippen LogP contribution in [0.15, 0.2) is 76.4 Å². The number of para-hydroxylation sites is 1. The predicted octanol–water partition coefficient (Wildman–Crippen LogP) is 2.73. The summed E-state index contributed by atoms with van der Waals surface area (Å²) in [6.07, 6.45) is 0. The van der Waals surface area contributed by atoms with E-state index in [1.807, 2.05) is 0 Å². The third-order valence-electron chi connectivity index (χ3n) is 4.58. The topological polar surface area (TPSA) is 124 Å². The molecule has 0 unspecified atom stereocenters. The standard InChI is InChI=1S/C21H17FN4O4S/c22-14-7-5-13(6-8-14)12-23-20(27)16-3-1-2-4-17(16)26-31(29,30)15-9-10-18-19(11-15)25-21(28)24-18/h1-11,26H,12H2,(H,23,27)(H2,24,25,28). The van der Waals surface area contributed by atoms with Crippen molar-refractivity contribution >= 4 is 32.7 Å². The molecular weight excluding hydrogens is 423 g/mol. The minimum absolute atomic E-state index is 0.0724. The van der Waals surface area contributed by atoms with Gasteiger partial charge >= 0.3 is 5.69 Å². The summed E-state index contributed by atoms with van der Waals surface area (Å²) < 4.78 is 41.2. The zero-order valence-electron chi connectivity index (χ0n) is 16.0. The van der Waals surface area contributed by atoms with Crippen molar-refractivity contribution in [2.24, 2.45) is 0 Å². The number of benzene rings is 3. The lowest BCUT2D eigenvalue weighted by molar-refractivity contribution is 0.0952. The van der Waals surface area contributed by atoms with E-state index in [4.69, 9.17) is 0 Å². The Bertz CT molecular complexity index is 1430. The molecule has 10 heteroatoms. The summed E-state index contributed by atoms with van der Waals surface area (Å²) >= 11 is 0. The van der Waals surface area contributed by atoms with Gasteiger partial charge in [0.2, 0.25) is 0 Å². The van der Waals surface area contributed by atoms with Gasteiger partial charge in [-0.25, -0.2) is 17.6 Å². The number of carbonyl (C=O) groups is 1. The van der Waals surface area contributed by atoms with Crippen LogP contribution < -0.4 is 15.7 Å². The maximum absolute atomic E-state index is 13.0. The first-order valence-corrected chi connectivity index (χ1v) is 10.7. The van der Waals surface area contributed by atoms with E-state index in [0.717, 1.165) is 0 Å². The molecule has 0 atom stereocenters. The second-order valence-electron chi connectivity index (χ2n) is 6.75. The summed E-state index contributed by atoms with van der Waals surface area (Å²) in [6.45, 7) is 0.151. The van der Waals surface area contributed by atoms with Gasteiger partial charge in [0.15, 0.2) is 0 Å². The number of anilines is 1. The van der Waals surface area contributed by atoms with Gasteiger partial charge in [-0.15, -0.1) is 0 Å². The number of imidazole rings is 1. The summed E-state index contributed by atoms with van der Waals surface area (Å²) in [6, 6.07) is 16.0. The third kappa shape index (κ3) is 4.48. The van der Waals surface area contributed by atoms with E-state index in [1.54, 1.807) is 24.3 Å². The lowest BCUT2D eigenvalue weighted by Crippen LogP contribution is -2.25. The number of carbonyl (C=O) groups excluding carboxylic acids is 1. The maximum atomic E-state index is 13.0. The Hall–Kier alpha value is -3.92. The van der Waals surface area contributed by atoms with Crippen molar-refractivity contribution in [2.45, 2.75) is 11.4 Å². The highest BCUT2D eigenvalue weighted by Gasteiger charge is 2.19. The summed E-state index contributed by atoms with van der Waals surface area (Å²) in [5.74, 6) is -0.871. The number of halogens is 1. The molecule has 4 aromatic rings. The molecule has 1 heterocycles. The molecule has 0 saturated heterocycles. The second kappa shape index (κ2) is 8.07. The van der Waals surface area contributed by atoms with Crippen LogP contribution in [0.2, 0.25) is 0 Å². The van der Waals surface area contributed by atoms with Gasteiger partial charge in [0.05, 0.1) is 27.2 Å². The number of nitrogens with one attached hydrogen (secondary N) is 4. The Labute approximate surface area is 176 Å². The predicted molar refractivity (Wildman–Crippen MR) is 114 cm³/mol. The molecule has 0 saturated carbocycles. The zero-order valence-corrected chi connectivity index (χ0v) is 16.8. The summed E-state index contributed by atoms with van der Waals surface area (Å²) in [5, 5.41) is 2.69. The Morgan fingerprint density at radius 2 is 1.65 bits per heavy atom. The quantitative estimate of drug-likeness (QED) is 0.368. The zero-order chi connectivity index (χ0) is 22.0. The number of rotatable bonds is 6. The molecule has 4 rings (SSSR count). The Balaban J connectivity index is 1.56. The monoisotopic (exact) mass is 440 g/mol. The summed E-state index contributed by atoms with van der Waals surface area (Å²) in [4.78, 5) is 29.0. The van der Waals surface area contributed by atoms with Crippen LogP contribution in [0.3, 0.4) is 0 Å². The highest BCUT2D eigenvalue weighted by Crippen LogP contribution is 2.22. The van der Waals surface area contributed by atoms with Crippen molar-refractivity contribution in [1.29, 1.82) is 0 Å². The van der Waals surface area contributed by atoms with E-state index < -0.39 is 21.6 Å². The Kier molecular flexibility index (Phi) is 5.30. The first-order chi connectivity index (χ1) is 14.8. The van der Waals surface area contributed by atoms with Crippen LogP contribution in [0, 0.1) is 5.82 Å². The molecule has 158 valence electrons. The second-order valence-corrected chi connectivity index (χ2v) is 8.43. The van der Waals surface area contributed by atoms with Gasteiger partial charge in [0.1, 0.15) is 5.82 Å². The lowest BCUT2D eigenvalue weighted by atomic mass is 10.1. The normalized spacial score (nSPS) is 11.4. The molecule has 4 N–H and O–H groups in total. The Morgan fingerprint density at radius 3 is 2.42 bits per heavy atom. The molecule has 0 aliphatic rings. The fourth-order valence-corrected chi connectivity index (χ4v) is 4.14. The molecule has 1 amide bonds. The molecule has 0 spiro atoms. The molecule has 8 nitrogen and oxygen atoms in total. The summed E-state index contributed by atoms with van der Waals surface area (Å²) in [7, 11) is -4.03. The molecule has 3 aromatic carbocycles. The minimum atomic E-state index is -4.03. The van der Waals surface area contributed by atoms with Gasteiger partial charge in [0.25, 0.3) is 15.9 Å². The van der Waals surface area contributed by atoms with Crippen molar-refractivity contribution in [2.75, 3.05) is 4.72 Å². The van der Waals surface area contributed by atoms with Crippen molar-refractivity contribution in [3.63, 3.8) is 0 Å². The highest BCUT2D eigenvalue weighted by atomic mass is 32.2. The van der Waals surface area contributed by atoms with E-state index in [0.29, 0.717) is 16.6 Å². The van der Waals surface area contributed by atoms with E-state index in [9.17, 15) is 22.4 Å². The number of sulfonamides is 1. The van der Waals surface area contributed by atoms with Crippen LogP contribution in [-0.2, 0) is 16.6 Å². The molecule has 0 radical (unpaired) electrons. The van der Waals surface area contributed by atoms with Crippen LogP contribution >= 0.6 is 0 Å². The first-order valence-electron chi connectivity index (χ1n) is 9.18. The average molecular weight is 440 g/mol. The number of amides is 1. The smallest absolute Gasteiger partial charge is 0.323 e. The van der Waals surface area contributed by atoms with E-state index in [-0.39, 0.29) is 28.5 Å². The van der Waals surface area contributed by atoms with Gasteiger partial charge in [-0.1, -0.05) is 24.3 Å². The first kappa shape index (κ1) is 20.4. The van der Waals surface area contributed by atoms with Crippen LogP contribution in [0.4, 0.5) is 10.1 Å². The molecule has 0 aliphatic carbocycles. The van der Waals surface area contributed by atoms with Crippen molar-refractivity contribution in [1.82, 2.24) is 15.3 Å². The van der Waals surface area contributed by atoms with Crippen LogP contribution in [0.1, 0.15) is 15.9 Å². The number of hydrogen-bond acceptors (Lipinski definition) is 4. The van der Waals surface area contributed by atoms with Gasteiger partial charge in [-0.3, -0.25) is 9.52 Å². The molecule has 1 aromatic heterocycles. The van der Waals surface area contributed by atoms with Crippen LogP contribution in [-0.4, -0.2) is 24.3 Å². The highest BCUT2D eigenvalue weighted by molar-refractivity contribution is 7.92.